The predicted octanol–water partition coefficient (Wildman–Crippen LogP) is 10.4. The molecule has 0 saturated carbocycles. The van der Waals surface area contributed by atoms with Crippen LogP contribution in [0.2, 0.25) is 0 Å². The first kappa shape index (κ1) is 24.3. The van der Waals surface area contributed by atoms with Gasteiger partial charge in [-0.2, -0.15) is 0 Å². The van der Waals surface area contributed by atoms with Crippen LogP contribution in [0.25, 0.3) is 82.6 Å². The van der Waals surface area contributed by atoms with Gasteiger partial charge in [0.05, 0.1) is 33.1 Å². The Morgan fingerprint density at radius 1 is 0.356 bits per heavy atom. The number of para-hydroxylation sites is 4. The molecule has 0 aliphatic carbocycles. The van der Waals surface area contributed by atoms with Crippen LogP contribution >= 0.6 is 0 Å². The van der Waals surface area contributed by atoms with Crippen molar-refractivity contribution in [2.24, 2.45) is 0 Å². The van der Waals surface area contributed by atoms with Crippen molar-refractivity contribution in [3.8, 4) is 17.2 Å². The van der Waals surface area contributed by atoms with Gasteiger partial charge in [0.15, 0.2) is 0 Å². The number of aromatic nitrogens is 4. The van der Waals surface area contributed by atoms with E-state index < -0.39 is 0 Å². The van der Waals surface area contributed by atoms with Crippen LogP contribution in [0.15, 0.2) is 158 Å². The molecular weight excluding hydrogens is 548 g/mol. The number of benzene rings is 6. The minimum absolute atomic E-state index is 0.915. The Morgan fingerprint density at radius 2 is 0.933 bits per heavy atom. The van der Waals surface area contributed by atoms with Crippen LogP contribution in [0.4, 0.5) is 0 Å². The van der Waals surface area contributed by atoms with E-state index in [0.29, 0.717) is 0 Å². The lowest BCUT2D eigenvalue weighted by Gasteiger charge is -2.10. The van der Waals surface area contributed by atoms with E-state index in [1.54, 1.807) is 0 Å². The number of pyridine rings is 1. The van der Waals surface area contributed by atoms with Crippen LogP contribution in [-0.4, -0.2) is 18.7 Å². The molecule has 6 aromatic carbocycles. The summed E-state index contributed by atoms with van der Waals surface area (Å²) >= 11 is 0. The number of nitrogens with zero attached hydrogens (tertiary/aromatic N) is 4. The van der Waals surface area contributed by atoms with Crippen molar-refractivity contribution in [3.63, 3.8) is 0 Å². The van der Waals surface area contributed by atoms with Crippen molar-refractivity contribution in [1.82, 2.24) is 18.7 Å². The van der Waals surface area contributed by atoms with Gasteiger partial charge in [0, 0.05) is 49.9 Å². The fourth-order valence-corrected chi connectivity index (χ4v) is 7.45. The summed E-state index contributed by atoms with van der Waals surface area (Å²) < 4.78 is 7.19. The molecule has 0 N–H and O–H groups in total. The third kappa shape index (κ3) is 3.34. The highest BCUT2D eigenvalue weighted by Gasteiger charge is 2.23. The Balaban J connectivity index is 1.48. The van der Waals surface area contributed by atoms with Gasteiger partial charge >= 0.3 is 0 Å². The summed E-state index contributed by atoms with van der Waals surface area (Å²) in [6.45, 7) is 0. The van der Waals surface area contributed by atoms with E-state index in [-0.39, 0.29) is 0 Å². The lowest BCUT2D eigenvalue weighted by molar-refractivity contribution is 1.08. The van der Waals surface area contributed by atoms with Crippen molar-refractivity contribution in [2.45, 2.75) is 0 Å². The molecule has 0 amide bonds. The van der Waals surface area contributed by atoms with Gasteiger partial charge in [-0.3, -0.25) is 4.57 Å². The molecule has 45 heavy (non-hydrogen) atoms. The Labute approximate surface area is 258 Å². The zero-order valence-corrected chi connectivity index (χ0v) is 24.3. The Hall–Kier alpha value is -6.13. The second-order valence-electron chi connectivity index (χ2n) is 11.6. The van der Waals surface area contributed by atoms with Gasteiger partial charge < -0.3 is 9.13 Å². The first-order valence-corrected chi connectivity index (χ1v) is 15.3. The summed E-state index contributed by atoms with van der Waals surface area (Å²) in [5, 5.41) is 7.39. The number of hydrogen-bond acceptors (Lipinski definition) is 1. The molecule has 0 saturated heterocycles. The number of hydrogen-bond donors (Lipinski definition) is 0. The van der Waals surface area contributed by atoms with Crippen LogP contribution in [0.5, 0.6) is 0 Å². The maximum atomic E-state index is 4.80. The monoisotopic (exact) mass is 574 g/mol. The first-order valence-electron chi connectivity index (χ1n) is 15.3. The van der Waals surface area contributed by atoms with E-state index in [1.807, 2.05) is 12.3 Å². The highest BCUT2D eigenvalue weighted by atomic mass is 15.1. The number of rotatable bonds is 3. The zero-order valence-electron chi connectivity index (χ0n) is 24.3. The van der Waals surface area contributed by atoms with Crippen molar-refractivity contribution in [1.29, 1.82) is 0 Å². The van der Waals surface area contributed by atoms with Gasteiger partial charge in [-0.25, -0.2) is 4.98 Å². The molecule has 210 valence electrons. The molecule has 4 aromatic heterocycles. The van der Waals surface area contributed by atoms with Crippen LogP contribution in [0.1, 0.15) is 0 Å². The fraction of sp³-hybridized carbons (Fsp3) is 0. The van der Waals surface area contributed by atoms with E-state index in [2.05, 4.69) is 159 Å². The second-order valence-corrected chi connectivity index (χ2v) is 11.6. The predicted molar refractivity (Wildman–Crippen MR) is 187 cm³/mol. The van der Waals surface area contributed by atoms with Gasteiger partial charge in [-0.05, 0) is 66.7 Å². The fourth-order valence-electron chi connectivity index (χ4n) is 7.45. The average molecular weight is 575 g/mol. The molecule has 0 unspecified atom stereocenters. The summed E-state index contributed by atoms with van der Waals surface area (Å²) in [7, 11) is 0. The molecule has 0 spiro atoms. The van der Waals surface area contributed by atoms with E-state index >= 15 is 0 Å². The summed E-state index contributed by atoms with van der Waals surface area (Å²) in [5.74, 6) is 0.915. The van der Waals surface area contributed by atoms with Crippen LogP contribution in [0.3, 0.4) is 0 Å². The quantitative estimate of drug-likeness (QED) is 0.206. The normalized spacial score (nSPS) is 12.0. The molecule has 0 bridgehead atoms. The molecule has 4 heteroatoms. The second kappa shape index (κ2) is 9.18. The minimum Gasteiger partial charge on any atom is -0.309 e. The van der Waals surface area contributed by atoms with E-state index in [4.69, 9.17) is 4.98 Å². The van der Waals surface area contributed by atoms with E-state index in [0.717, 1.165) is 28.2 Å². The van der Waals surface area contributed by atoms with Gasteiger partial charge in [-0.1, -0.05) is 84.9 Å². The van der Waals surface area contributed by atoms with Crippen molar-refractivity contribution in [3.05, 3.63) is 158 Å². The van der Waals surface area contributed by atoms with Gasteiger partial charge in [0.2, 0.25) is 0 Å². The maximum Gasteiger partial charge on any atom is 0.137 e. The summed E-state index contributed by atoms with van der Waals surface area (Å²) in [6.07, 6.45) is 1.87. The van der Waals surface area contributed by atoms with Gasteiger partial charge in [0.25, 0.3) is 0 Å². The minimum atomic E-state index is 0.915. The molecule has 4 heterocycles. The Kier molecular flexibility index (Phi) is 4.96. The molecule has 0 aliphatic heterocycles. The smallest absolute Gasteiger partial charge is 0.137 e. The molecule has 10 rings (SSSR count). The topological polar surface area (TPSA) is 27.7 Å². The van der Waals surface area contributed by atoms with Crippen LogP contribution in [0, 0.1) is 0 Å². The molecule has 4 nitrogen and oxygen atoms in total. The SMILES string of the molecule is c1ccc(-n2c3cc4c5ccccc5n(-c5ccccn5)c4cc3c3c2ccc2c4ccccc4n(-c4ccccc4)c23)cc1. The van der Waals surface area contributed by atoms with Gasteiger partial charge in [0.1, 0.15) is 5.82 Å². The highest BCUT2D eigenvalue weighted by molar-refractivity contribution is 6.28. The third-order valence-electron chi connectivity index (χ3n) is 9.26. The highest BCUT2D eigenvalue weighted by Crippen LogP contribution is 2.44. The lowest BCUT2D eigenvalue weighted by atomic mass is 10.1. The summed E-state index contributed by atoms with van der Waals surface area (Å²) in [6, 6.07) is 54.4. The van der Waals surface area contributed by atoms with E-state index in [9.17, 15) is 0 Å². The van der Waals surface area contributed by atoms with Crippen molar-refractivity contribution >= 4 is 65.4 Å². The van der Waals surface area contributed by atoms with Gasteiger partial charge in [-0.15, -0.1) is 0 Å². The first-order chi connectivity index (χ1) is 22.4. The maximum absolute atomic E-state index is 4.80. The van der Waals surface area contributed by atoms with Crippen LogP contribution < -0.4 is 0 Å². The molecule has 0 radical (unpaired) electrons. The Morgan fingerprint density at radius 3 is 1.64 bits per heavy atom. The summed E-state index contributed by atoms with van der Waals surface area (Å²) in [4.78, 5) is 4.80. The lowest BCUT2D eigenvalue weighted by Crippen LogP contribution is -1.96. The summed E-state index contributed by atoms with van der Waals surface area (Å²) in [5.41, 5.74) is 9.39. The molecule has 0 aliphatic rings. The molecule has 0 fully saturated rings. The number of fused-ring (bicyclic) bond motifs is 10. The van der Waals surface area contributed by atoms with Crippen molar-refractivity contribution in [2.75, 3.05) is 0 Å². The largest absolute Gasteiger partial charge is 0.309 e. The van der Waals surface area contributed by atoms with Crippen LogP contribution in [-0.2, 0) is 0 Å². The average Bonchev–Trinajstić information content (AvgIpc) is 3.73. The third-order valence-corrected chi connectivity index (χ3v) is 9.26. The zero-order chi connectivity index (χ0) is 29.5. The standard InChI is InChI=1S/C41H26N4/c1-3-13-27(14-4-1)43-36-23-22-31-29-17-7-9-19-34(29)44(28-15-5-2-6-16-28)41(31)40(36)33-26-37-32(25-38(33)43)30-18-8-10-20-35(30)45(37)39-21-11-12-24-42-39/h1-26H. The molecular formula is C41H26N4. The van der Waals surface area contributed by atoms with E-state index in [1.165, 1.54) is 54.4 Å². The molecule has 10 aromatic rings. The molecule has 0 atom stereocenters. The Bertz CT molecular complexity index is 2730. The van der Waals surface area contributed by atoms with Crippen molar-refractivity contribution < 1.29 is 0 Å².